The van der Waals surface area contributed by atoms with Gasteiger partial charge in [-0.2, -0.15) is 0 Å². The Labute approximate surface area is 163 Å². The van der Waals surface area contributed by atoms with Crippen molar-refractivity contribution in [1.29, 1.82) is 0 Å². The predicted octanol–water partition coefficient (Wildman–Crippen LogP) is 4.99. The summed E-state index contributed by atoms with van der Waals surface area (Å²) < 4.78 is 0. The smallest absolute Gasteiger partial charge is 0.162 e. The van der Waals surface area contributed by atoms with Crippen LogP contribution in [0.4, 0.5) is 17.1 Å². The SMILES string of the molecule is Cc1cc(N)c(Cl)cc1N=C1C[NH+]([O-])c2c(Cl)c(Cl)c(Cl)c(Cl)c21. The van der Waals surface area contributed by atoms with E-state index in [-0.39, 0.29) is 37.4 Å². The third-order valence-electron chi connectivity index (χ3n) is 3.73. The summed E-state index contributed by atoms with van der Waals surface area (Å²) in [5.41, 5.74) is 8.74. The molecule has 1 aliphatic rings. The second-order valence-corrected chi connectivity index (χ2v) is 7.24. The summed E-state index contributed by atoms with van der Waals surface area (Å²) in [7, 11) is 0. The number of nitrogen functional groups attached to an aromatic ring is 1. The molecule has 3 N–H and O–H groups in total. The molecule has 0 saturated heterocycles. The minimum absolute atomic E-state index is 0.0485. The number of aryl methyl sites for hydroxylation is 1. The van der Waals surface area contributed by atoms with E-state index in [2.05, 4.69) is 4.99 Å². The summed E-state index contributed by atoms with van der Waals surface area (Å²) in [6, 6.07) is 3.34. The first-order valence-electron chi connectivity index (χ1n) is 6.75. The molecule has 0 amide bonds. The lowest BCUT2D eigenvalue weighted by Gasteiger charge is -2.17. The second kappa shape index (κ2) is 6.54. The summed E-state index contributed by atoms with van der Waals surface area (Å²) in [6.45, 7) is 1.89. The normalized spacial score (nSPS) is 18.3. The van der Waals surface area contributed by atoms with Gasteiger partial charge in [-0.1, -0.05) is 58.0 Å². The average Bonchev–Trinajstić information content (AvgIpc) is 2.84. The molecule has 9 heteroatoms. The summed E-state index contributed by atoms with van der Waals surface area (Å²) in [5.74, 6) is 0. The third-order valence-corrected chi connectivity index (χ3v) is 5.86. The molecule has 24 heavy (non-hydrogen) atoms. The number of fused-ring (bicyclic) bond motifs is 1. The number of hydrogen-bond donors (Lipinski definition) is 2. The van der Waals surface area contributed by atoms with Gasteiger partial charge < -0.3 is 16.0 Å². The molecule has 0 saturated carbocycles. The molecule has 1 aliphatic heterocycles. The molecule has 0 aliphatic carbocycles. The van der Waals surface area contributed by atoms with Crippen LogP contribution in [0.1, 0.15) is 11.1 Å². The molecule has 0 bridgehead atoms. The molecular weight excluding hydrogens is 415 g/mol. The summed E-state index contributed by atoms with van der Waals surface area (Å²) in [4.78, 5) is 4.54. The van der Waals surface area contributed by atoms with Crippen molar-refractivity contribution >= 4 is 80.8 Å². The molecule has 1 heterocycles. The number of hydroxylamine groups is 1. The molecule has 2 aromatic carbocycles. The van der Waals surface area contributed by atoms with Crippen molar-refractivity contribution in [2.45, 2.75) is 6.92 Å². The van der Waals surface area contributed by atoms with Crippen LogP contribution >= 0.6 is 58.0 Å². The highest BCUT2D eigenvalue weighted by Crippen LogP contribution is 2.44. The molecule has 0 radical (unpaired) electrons. The largest absolute Gasteiger partial charge is 0.629 e. The molecule has 126 valence electrons. The van der Waals surface area contributed by atoms with Crippen molar-refractivity contribution in [1.82, 2.24) is 0 Å². The van der Waals surface area contributed by atoms with Crippen molar-refractivity contribution < 1.29 is 5.06 Å². The van der Waals surface area contributed by atoms with Crippen molar-refractivity contribution in [3.8, 4) is 0 Å². The number of halogens is 5. The van der Waals surface area contributed by atoms with Crippen molar-refractivity contribution in [3.05, 3.63) is 53.6 Å². The highest BCUT2D eigenvalue weighted by atomic mass is 35.5. The Morgan fingerprint density at radius 3 is 2.33 bits per heavy atom. The Bertz CT molecular complexity index is 898. The van der Waals surface area contributed by atoms with Gasteiger partial charge in [0.25, 0.3) is 0 Å². The fraction of sp³-hybridized carbons (Fsp3) is 0.133. The molecular formula is C15H10Cl5N3O. The monoisotopic (exact) mass is 423 g/mol. The number of nitrogens with zero attached hydrogens (tertiary/aromatic N) is 1. The molecule has 3 rings (SSSR count). The van der Waals surface area contributed by atoms with Crippen LogP contribution in [0.2, 0.25) is 25.1 Å². The molecule has 2 aromatic rings. The first kappa shape index (κ1) is 18.1. The maximum atomic E-state index is 12.3. The fourth-order valence-electron chi connectivity index (χ4n) is 2.55. The van der Waals surface area contributed by atoms with Crippen LogP contribution in [0.15, 0.2) is 17.1 Å². The molecule has 1 unspecified atom stereocenters. The predicted molar refractivity (Wildman–Crippen MR) is 102 cm³/mol. The number of aliphatic imine (C=N–C) groups is 1. The Balaban J connectivity index is 2.24. The summed E-state index contributed by atoms with van der Waals surface area (Å²) in [6.07, 6.45) is 0. The van der Waals surface area contributed by atoms with E-state index in [1.165, 1.54) is 0 Å². The van der Waals surface area contributed by atoms with E-state index >= 15 is 0 Å². The van der Waals surface area contributed by atoms with E-state index in [0.717, 1.165) is 5.56 Å². The van der Waals surface area contributed by atoms with Gasteiger partial charge in [0.15, 0.2) is 5.69 Å². The van der Waals surface area contributed by atoms with Crippen LogP contribution in [-0.2, 0) is 0 Å². The zero-order valence-corrected chi connectivity index (χ0v) is 16.0. The minimum Gasteiger partial charge on any atom is -0.629 e. The fourth-order valence-corrected chi connectivity index (χ4v) is 3.77. The van der Waals surface area contributed by atoms with Gasteiger partial charge in [-0.3, -0.25) is 0 Å². The molecule has 0 fully saturated rings. The van der Waals surface area contributed by atoms with Crippen LogP contribution < -0.4 is 10.8 Å². The van der Waals surface area contributed by atoms with E-state index < -0.39 is 0 Å². The molecule has 0 spiro atoms. The van der Waals surface area contributed by atoms with Crippen LogP contribution in [0.3, 0.4) is 0 Å². The van der Waals surface area contributed by atoms with Crippen molar-refractivity contribution in [2.24, 2.45) is 4.99 Å². The van der Waals surface area contributed by atoms with Gasteiger partial charge in [0.1, 0.15) is 17.3 Å². The Morgan fingerprint density at radius 1 is 1.04 bits per heavy atom. The first-order valence-corrected chi connectivity index (χ1v) is 8.64. The Morgan fingerprint density at radius 2 is 1.67 bits per heavy atom. The van der Waals surface area contributed by atoms with Crippen molar-refractivity contribution in [2.75, 3.05) is 12.3 Å². The van der Waals surface area contributed by atoms with E-state index in [4.69, 9.17) is 63.7 Å². The highest BCUT2D eigenvalue weighted by Gasteiger charge is 2.34. The van der Waals surface area contributed by atoms with Gasteiger partial charge in [0.05, 0.1) is 37.0 Å². The van der Waals surface area contributed by atoms with E-state index in [0.29, 0.717) is 27.7 Å². The van der Waals surface area contributed by atoms with Crippen LogP contribution in [0, 0.1) is 12.1 Å². The number of benzene rings is 2. The minimum atomic E-state index is -0.214. The lowest BCUT2D eigenvalue weighted by Crippen LogP contribution is -3.01. The number of hydrogen-bond acceptors (Lipinski definition) is 3. The van der Waals surface area contributed by atoms with Gasteiger partial charge in [0, 0.05) is 0 Å². The van der Waals surface area contributed by atoms with Gasteiger partial charge in [-0.25, -0.2) is 4.99 Å². The first-order chi connectivity index (χ1) is 11.2. The number of quaternary nitrogens is 1. The maximum absolute atomic E-state index is 12.3. The van der Waals surface area contributed by atoms with Gasteiger partial charge in [-0.05, 0) is 24.6 Å². The number of rotatable bonds is 1. The molecule has 4 nitrogen and oxygen atoms in total. The zero-order valence-electron chi connectivity index (χ0n) is 12.2. The van der Waals surface area contributed by atoms with Crippen LogP contribution in [0.5, 0.6) is 0 Å². The third kappa shape index (κ3) is 2.86. The van der Waals surface area contributed by atoms with Gasteiger partial charge in [0.2, 0.25) is 0 Å². The highest BCUT2D eigenvalue weighted by molar-refractivity contribution is 6.54. The molecule has 0 aromatic heterocycles. The van der Waals surface area contributed by atoms with E-state index in [9.17, 15) is 5.21 Å². The second-order valence-electron chi connectivity index (χ2n) is 5.32. The Hall–Kier alpha value is -0.720. The lowest BCUT2D eigenvalue weighted by atomic mass is 10.1. The maximum Gasteiger partial charge on any atom is 0.162 e. The van der Waals surface area contributed by atoms with E-state index in [1.807, 2.05) is 6.92 Å². The standard InChI is InChI=1S/C15H10Cl5N3O/c1-5-2-7(21)6(16)3-8(5)22-9-4-23(24)15-10(9)11(17)12(18)13(19)14(15)20/h2-3,23H,4,21H2,1H3. The lowest BCUT2D eigenvalue weighted by molar-refractivity contribution is -0.760. The van der Waals surface area contributed by atoms with Crippen molar-refractivity contribution in [3.63, 3.8) is 0 Å². The Kier molecular flexibility index (Phi) is 4.93. The van der Waals surface area contributed by atoms with Crippen LogP contribution in [-0.4, -0.2) is 12.3 Å². The topological polar surface area (TPSA) is 65.9 Å². The van der Waals surface area contributed by atoms with E-state index in [1.54, 1.807) is 12.1 Å². The van der Waals surface area contributed by atoms with Crippen LogP contribution in [0.25, 0.3) is 0 Å². The number of nitrogens with two attached hydrogens (primary N) is 1. The van der Waals surface area contributed by atoms with Gasteiger partial charge >= 0.3 is 0 Å². The number of nitrogens with one attached hydrogen (secondary N) is 1. The average molecular weight is 426 g/mol. The summed E-state index contributed by atoms with van der Waals surface area (Å²) in [5, 5.41) is 12.9. The quantitative estimate of drug-likeness (QED) is 0.292. The van der Waals surface area contributed by atoms with Gasteiger partial charge in [-0.15, -0.1) is 0 Å². The zero-order chi connectivity index (χ0) is 17.8. The number of anilines is 1. The summed E-state index contributed by atoms with van der Waals surface area (Å²) >= 11 is 30.6. The molecule has 1 atom stereocenters.